The molecule has 0 bridgehead atoms. The van der Waals surface area contributed by atoms with Gasteiger partial charge in [-0.25, -0.2) is 0 Å². The topological polar surface area (TPSA) is 56.2 Å². The van der Waals surface area contributed by atoms with Gasteiger partial charge in [-0.05, 0) is 55.3 Å². The van der Waals surface area contributed by atoms with Crippen molar-refractivity contribution >= 4 is 11.3 Å². The van der Waals surface area contributed by atoms with Gasteiger partial charge in [-0.1, -0.05) is 0 Å². The Balaban J connectivity index is 2.22. The van der Waals surface area contributed by atoms with Crippen LogP contribution in [0.25, 0.3) is 17.0 Å². The van der Waals surface area contributed by atoms with Crippen molar-refractivity contribution in [1.82, 2.24) is 14.6 Å². The molecule has 0 spiro atoms. The molecule has 2 N–H and O–H groups in total. The lowest BCUT2D eigenvalue weighted by molar-refractivity contribution is 1.11. The average Bonchev–Trinajstić information content (AvgIpc) is 2.75. The van der Waals surface area contributed by atoms with Gasteiger partial charge in [0, 0.05) is 17.4 Å². The van der Waals surface area contributed by atoms with Gasteiger partial charge < -0.3 is 5.73 Å². The van der Waals surface area contributed by atoms with Gasteiger partial charge in [-0.15, -0.1) is 10.2 Å². The number of hydrogen-bond acceptors (Lipinski definition) is 3. The number of aryl methyl sites for hydroxylation is 2. The van der Waals surface area contributed by atoms with Crippen LogP contribution in [0.1, 0.15) is 11.1 Å². The van der Waals surface area contributed by atoms with Gasteiger partial charge in [0.1, 0.15) is 0 Å². The van der Waals surface area contributed by atoms with E-state index in [-0.39, 0.29) is 0 Å². The Hall–Kier alpha value is -2.36. The first-order chi connectivity index (χ1) is 8.65. The molecule has 90 valence electrons. The minimum absolute atomic E-state index is 0.795. The second-order valence-electron chi connectivity index (χ2n) is 4.53. The third-order valence-electron chi connectivity index (χ3n) is 3.09. The molecular weight excluding hydrogens is 224 g/mol. The molecule has 0 saturated heterocycles. The molecule has 0 amide bonds. The average molecular weight is 238 g/mol. The summed E-state index contributed by atoms with van der Waals surface area (Å²) in [5.41, 5.74) is 10.7. The van der Waals surface area contributed by atoms with Gasteiger partial charge in [0.2, 0.25) is 0 Å². The Morgan fingerprint density at radius 1 is 1.06 bits per heavy atom. The predicted molar refractivity (Wildman–Crippen MR) is 72.3 cm³/mol. The van der Waals surface area contributed by atoms with Gasteiger partial charge in [0.05, 0.1) is 0 Å². The molecule has 2 aromatic heterocycles. The Morgan fingerprint density at radius 2 is 1.89 bits per heavy atom. The molecule has 0 aliphatic heterocycles. The Labute approximate surface area is 105 Å². The SMILES string of the molecule is Cc1ccn2c(-c3ccc(N)c(C)c3)nnc2c1. The van der Waals surface area contributed by atoms with Crippen LogP contribution < -0.4 is 5.73 Å². The smallest absolute Gasteiger partial charge is 0.168 e. The molecule has 4 nitrogen and oxygen atoms in total. The van der Waals surface area contributed by atoms with Crippen LogP contribution in [0.5, 0.6) is 0 Å². The number of nitrogens with two attached hydrogens (primary N) is 1. The van der Waals surface area contributed by atoms with Gasteiger partial charge in [0.15, 0.2) is 11.5 Å². The van der Waals surface area contributed by atoms with E-state index in [0.29, 0.717) is 0 Å². The highest BCUT2D eigenvalue weighted by Crippen LogP contribution is 2.22. The van der Waals surface area contributed by atoms with Crippen molar-refractivity contribution in [3.8, 4) is 11.4 Å². The number of nitrogens with zero attached hydrogens (tertiary/aromatic N) is 3. The summed E-state index contributed by atoms with van der Waals surface area (Å²) in [7, 11) is 0. The van der Waals surface area contributed by atoms with Crippen LogP contribution in [-0.2, 0) is 0 Å². The van der Waals surface area contributed by atoms with E-state index in [1.54, 1.807) is 0 Å². The largest absolute Gasteiger partial charge is 0.399 e. The summed E-state index contributed by atoms with van der Waals surface area (Å²) in [4.78, 5) is 0. The van der Waals surface area contributed by atoms with E-state index < -0.39 is 0 Å². The van der Waals surface area contributed by atoms with E-state index in [0.717, 1.165) is 28.3 Å². The van der Waals surface area contributed by atoms with Crippen molar-refractivity contribution in [3.05, 3.63) is 47.7 Å². The standard InChI is InChI=1S/C14H14N4/c1-9-5-6-18-13(7-9)16-17-14(18)11-3-4-12(15)10(2)8-11/h3-8H,15H2,1-2H3. The maximum atomic E-state index is 5.83. The zero-order valence-electron chi connectivity index (χ0n) is 10.4. The molecule has 0 fully saturated rings. The zero-order chi connectivity index (χ0) is 12.7. The van der Waals surface area contributed by atoms with Crippen molar-refractivity contribution in [2.24, 2.45) is 0 Å². The Kier molecular flexibility index (Phi) is 2.30. The maximum absolute atomic E-state index is 5.83. The number of benzene rings is 1. The zero-order valence-corrected chi connectivity index (χ0v) is 10.4. The molecule has 2 heterocycles. The molecule has 0 aliphatic carbocycles. The highest BCUT2D eigenvalue weighted by Gasteiger charge is 2.08. The van der Waals surface area contributed by atoms with Crippen LogP contribution in [0, 0.1) is 13.8 Å². The summed E-state index contributed by atoms with van der Waals surface area (Å²) in [6.07, 6.45) is 1.99. The fraction of sp³-hybridized carbons (Fsp3) is 0.143. The molecule has 1 aromatic carbocycles. The second kappa shape index (κ2) is 3.84. The van der Waals surface area contributed by atoms with Crippen LogP contribution in [-0.4, -0.2) is 14.6 Å². The van der Waals surface area contributed by atoms with E-state index in [1.807, 2.05) is 54.8 Å². The summed E-state index contributed by atoms with van der Waals surface area (Å²) in [5, 5.41) is 8.44. The summed E-state index contributed by atoms with van der Waals surface area (Å²) in [5.74, 6) is 0.841. The molecule has 3 rings (SSSR count). The molecule has 0 unspecified atom stereocenters. The van der Waals surface area contributed by atoms with Gasteiger partial charge in [0.25, 0.3) is 0 Å². The molecule has 4 heteroatoms. The minimum Gasteiger partial charge on any atom is -0.399 e. The number of hydrogen-bond donors (Lipinski definition) is 1. The number of fused-ring (bicyclic) bond motifs is 1. The number of rotatable bonds is 1. The highest BCUT2D eigenvalue weighted by atomic mass is 15.2. The number of anilines is 1. The summed E-state index contributed by atoms with van der Waals surface area (Å²) >= 11 is 0. The van der Waals surface area contributed by atoms with E-state index in [4.69, 9.17) is 5.73 Å². The molecule has 3 aromatic rings. The normalized spacial score (nSPS) is 11.0. The first kappa shape index (κ1) is 10.8. The van der Waals surface area contributed by atoms with E-state index in [2.05, 4.69) is 10.2 Å². The molecule has 0 aliphatic rings. The summed E-state index contributed by atoms with van der Waals surface area (Å²) in [6, 6.07) is 9.97. The molecule has 0 radical (unpaired) electrons. The number of nitrogen functional groups attached to an aromatic ring is 1. The van der Waals surface area contributed by atoms with Crippen molar-refractivity contribution in [3.63, 3.8) is 0 Å². The van der Waals surface area contributed by atoms with Crippen LogP contribution in [0.3, 0.4) is 0 Å². The minimum atomic E-state index is 0.795. The summed E-state index contributed by atoms with van der Waals surface area (Å²) in [6.45, 7) is 4.04. The van der Waals surface area contributed by atoms with E-state index >= 15 is 0 Å². The monoisotopic (exact) mass is 238 g/mol. The third-order valence-corrected chi connectivity index (χ3v) is 3.09. The maximum Gasteiger partial charge on any atom is 0.168 e. The third kappa shape index (κ3) is 1.62. The van der Waals surface area contributed by atoms with E-state index in [9.17, 15) is 0 Å². The molecular formula is C14H14N4. The van der Waals surface area contributed by atoms with Crippen LogP contribution >= 0.6 is 0 Å². The van der Waals surface area contributed by atoms with Crippen LogP contribution in [0.2, 0.25) is 0 Å². The molecule has 0 saturated carbocycles. The lowest BCUT2D eigenvalue weighted by Crippen LogP contribution is -1.93. The van der Waals surface area contributed by atoms with Gasteiger partial charge in [-0.3, -0.25) is 4.40 Å². The summed E-state index contributed by atoms with van der Waals surface area (Å²) < 4.78 is 1.98. The first-order valence-corrected chi connectivity index (χ1v) is 5.83. The molecule has 0 atom stereocenters. The van der Waals surface area contributed by atoms with Crippen molar-refractivity contribution < 1.29 is 0 Å². The van der Waals surface area contributed by atoms with Gasteiger partial charge >= 0.3 is 0 Å². The highest BCUT2D eigenvalue weighted by molar-refractivity contribution is 5.64. The Morgan fingerprint density at radius 3 is 2.67 bits per heavy atom. The van der Waals surface area contributed by atoms with Crippen molar-refractivity contribution in [2.45, 2.75) is 13.8 Å². The lowest BCUT2D eigenvalue weighted by Gasteiger charge is -2.04. The van der Waals surface area contributed by atoms with E-state index in [1.165, 1.54) is 5.56 Å². The predicted octanol–water partition coefficient (Wildman–Crippen LogP) is 2.60. The number of pyridine rings is 1. The first-order valence-electron chi connectivity index (χ1n) is 5.83. The van der Waals surface area contributed by atoms with Crippen LogP contribution in [0.4, 0.5) is 5.69 Å². The lowest BCUT2D eigenvalue weighted by atomic mass is 10.1. The fourth-order valence-electron chi connectivity index (χ4n) is 2.00. The van der Waals surface area contributed by atoms with Crippen molar-refractivity contribution in [2.75, 3.05) is 5.73 Å². The van der Waals surface area contributed by atoms with Crippen molar-refractivity contribution in [1.29, 1.82) is 0 Å². The fourth-order valence-corrected chi connectivity index (χ4v) is 2.00. The molecule has 18 heavy (non-hydrogen) atoms. The van der Waals surface area contributed by atoms with Crippen LogP contribution in [0.15, 0.2) is 36.5 Å². The Bertz CT molecular complexity index is 728. The number of aromatic nitrogens is 3. The quantitative estimate of drug-likeness (QED) is 0.663. The van der Waals surface area contributed by atoms with Gasteiger partial charge in [-0.2, -0.15) is 0 Å². The second-order valence-corrected chi connectivity index (χ2v) is 4.53.